The fourth-order valence-electron chi connectivity index (χ4n) is 1.62. The van der Waals surface area contributed by atoms with Gasteiger partial charge in [0, 0.05) is 5.69 Å². The zero-order valence-electron chi connectivity index (χ0n) is 11.4. The Labute approximate surface area is 126 Å². The van der Waals surface area contributed by atoms with Crippen LogP contribution in [-0.2, 0) is 4.74 Å². The molecule has 0 saturated carbocycles. The van der Waals surface area contributed by atoms with Crippen molar-refractivity contribution >= 4 is 29.2 Å². The first kappa shape index (κ1) is 14.9. The van der Waals surface area contributed by atoms with Gasteiger partial charge in [-0.05, 0) is 24.6 Å². The average molecular weight is 306 g/mol. The van der Waals surface area contributed by atoms with Crippen molar-refractivity contribution in [1.29, 1.82) is 0 Å². The molecule has 0 spiro atoms. The molecule has 7 heteroatoms. The van der Waals surface area contributed by atoms with Gasteiger partial charge in [0.25, 0.3) is 5.91 Å². The van der Waals surface area contributed by atoms with Crippen LogP contribution in [0.3, 0.4) is 0 Å². The Balaban J connectivity index is 2.24. The third-order valence-electron chi connectivity index (χ3n) is 2.76. The van der Waals surface area contributed by atoms with Crippen LogP contribution in [0.2, 0.25) is 5.15 Å². The van der Waals surface area contributed by atoms with Crippen molar-refractivity contribution in [1.82, 2.24) is 9.97 Å². The molecule has 0 unspecified atom stereocenters. The number of ether oxygens (including phenoxy) is 1. The van der Waals surface area contributed by atoms with Gasteiger partial charge in [0.2, 0.25) is 0 Å². The summed E-state index contributed by atoms with van der Waals surface area (Å²) < 4.78 is 4.65. The minimum Gasteiger partial charge on any atom is -0.465 e. The average Bonchev–Trinajstić information content (AvgIpc) is 2.49. The van der Waals surface area contributed by atoms with Crippen LogP contribution in [0.5, 0.6) is 0 Å². The van der Waals surface area contributed by atoms with Gasteiger partial charge in [0.15, 0.2) is 0 Å². The lowest BCUT2D eigenvalue weighted by molar-refractivity contribution is 0.0600. The van der Waals surface area contributed by atoms with E-state index in [4.69, 9.17) is 11.6 Å². The highest BCUT2D eigenvalue weighted by Crippen LogP contribution is 2.18. The monoisotopic (exact) mass is 305 g/mol. The predicted octanol–water partition coefficient (Wildman–Crippen LogP) is 2.48. The smallest absolute Gasteiger partial charge is 0.337 e. The number of esters is 1. The molecule has 0 bridgehead atoms. The Kier molecular flexibility index (Phi) is 4.49. The largest absolute Gasteiger partial charge is 0.465 e. The highest BCUT2D eigenvalue weighted by atomic mass is 35.5. The van der Waals surface area contributed by atoms with Crippen molar-refractivity contribution in [2.75, 3.05) is 12.4 Å². The molecule has 0 aliphatic carbocycles. The van der Waals surface area contributed by atoms with Crippen LogP contribution in [-0.4, -0.2) is 29.0 Å². The third-order valence-corrected chi connectivity index (χ3v) is 2.96. The van der Waals surface area contributed by atoms with Gasteiger partial charge < -0.3 is 10.1 Å². The Bertz CT molecular complexity index is 686. The molecule has 0 saturated heterocycles. The van der Waals surface area contributed by atoms with Crippen LogP contribution >= 0.6 is 11.6 Å². The van der Waals surface area contributed by atoms with Gasteiger partial charge in [-0.2, -0.15) is 0 Å². The third kappa shape index (κ3) is 3.55. The van der Waals surface area contributed by atoms with E-state index in [1.807, 2.05) is 6.92 Å². The Morgan fingerprint density at radius 1 is 1.24 bits per heavy atom. The standard InChI is InChI=1S/C14H12ClN3O3/c1-8-3-4-9(14(20)21-2)5-10(8)18-13(19)11-6-17-12(15)7-16-11/h3-7H,1-2H3,(H,18,19). The molecule has 1 aromatic heterocycles. The number of benzene rings is 1. The molecular formula is C14H12ClN3O3. The maximum atomic E-state index is 12.1. The van der Waals surface area contributed by atoms with Crippen LogP contribution in [0.1, 0.15) is 26.4 Å². The Morgan fingerprint density at radius 3 is 2.62 bits per heavy atom. The highest BCUT2D eigenvalue weighted by molar-refractivity contribution is 6.29. The van der Waals surface area contributed by atoms with Crippen molar-refractivity contribution in [2.45, 2.75) is 6.92 Å². The van der Waals surface area contributed by atoms with Crippen LogP contribution in [0, 0.1) is 6.92 Å². The van der Waals surface area contributed by atoms with E-state index in [2.05, 4.69) is 20.0 Å². The van der Waals surface area contributed by atoms with E-state index in [0.717, 1.165) is 5.56 Å². The first-order chi connectivity index (χ1) is 10.0. The minimum atomic E-state index is -0.475. The number of rotatable bonds is 3. The lowest BCUT2D eigenvalue weighted by Gasteiger charge is -2.09. The summed E-state index contributed by atoms with van der Waals surface area (Å²) in [5.41, 5.74) is 1.78. The number of carbonyl (C=O) groups excluding carboxylic acids is 2. The fourth-order valence-corrected chi connectivity index (χ4v) is 1.71. The summed E-state index contributed by atoms with van der Waals surface area (Å²) in [6.07, 6.45) is 2.56. The number of hydrogen-bond donors (Lipinski definition) is 1. The number of carbonyl (C=O) groups is 2. The fraction of sp³-hybridized carbons (Fsp3) is 0.143. The number of nitrogens with one attached hydrogen (secondary N) is 1. The van der Waals surface area contributed by atoms with E-state index in [-0.39, 0.29) is 10.8 Å². The summed E-state index contributed by atoms with van der Waals surface area (Å²) in [6, 6.07) is 4.89. The lowest BCUT2D eigenvalue weighted by atomic mass is 10.1. The van der Waals surface area contributed by atoms with Gasteiger partial charge in [-0.3, -0.25) is 4.79 Å². The number of nitrogens with zero attached hydrogens (tertiary/aromatic N) is 2. The first-order valence-electron chi connectivity index (χ1n) is 5.99. The molecule has 0 aliphatic heterocycles. The number of aromatic nitrogens is 2. The quantitative estimate of drug-likeness (QED) is 0.881. The molecule has 1 amide bonds. The molecule has 1 aromatic carbocycles. The second-order valence-corrected chi connectivity index (χ2v) is 4.59. The van der Waals surface area contributed by atoms with Crippen LogP contribution < -0.4 is 5.32 Å². The van der Waals surface area contributed by atoms with Crippen LogP contribution in [0.4, 0.5) is 5.69 Å². The minimum absolute atomic E-state index is 0.127. The maximum Gasteiger partial charge on any atom is 0.337 e. The summed E-state index contributed by atoms with van der Waals surface area (Å²) in [7, 11) is 1.30. The maximum absolute atomic E-state index is 12.1. The molecule has 108 valence electrons. The highest BCUT2D eigenvalue weighted by Gasteiger charge is 2.12. The van der Waals surface area contributed by atoms with E-state index in [1.54, 1.807) is 18.2 Å². The zero-order valence-corrected chi connectivity index (χ0v) is 12.1. The van der Waals surface area contributed by atoms with Crippen molar-refractivity contribution in [3.8, 4) is 0 Å². The van der Waals surface area contributed by atoms with Gasteiger partial charge in [-0.25, -0.2) is 14.8 Å². The van der Waals surface area contributed by atoms with E-state index >= 15 is 0 Å². The van der Waals surface area contributed by atoms with Gasteiger partial charge in [0.05, 0.1) is 25.1 Å². The van der Waals surface area contributed by atoms with E-state index < -0.39 is 11.9 Å². The van der Waals surface area contributed by atoms with Crippen molar-refractivity contribution in [3.05, 3.63) is 52.6 Å². The summed E-state index contributed by atoms with van der Waals surface area (Å²) in [5, 5.41) is 2.88. The van der Waals surface area contributed by atoms with Crippen molar-refractivity contribution < 1.29 is 14.3 Å². The number of amides is 1. The van der Waals surface area contributed by atoms with E-state index in [9.17, 15) is 9.59 Å². The van der Waals surface area contributed by atoms with Gasteiger partial charge >= 0.3 is 5.97 Å². The number of anilines is 1. The zero-order chi connectivity index (χ0) is 15.4. The molecule has 21 heavy (non-hydrogen) atoms. The van der Waals surface area contributed by atoms with Crippen LogP contribution in [0.15, 0.2) is 30.6 Å². The molecular weight excluding hydrogens is 294 g/mol. The Hall–Kier alpha value is -2.47. The summed E-state index contributed by atoms with van der Waals surface area (Å²) in [4.78, 5) is 31.2. The Morgan fingerprint density at radius 2 is 2.00 bits per heavy atom. The summed E-state index contributed by atoms with van der Waals surface area (Å²) in [5.74, 6) is -0.916. The van der Waals surface area contributed by atoms with Gasteiger partial charge in [-0.15, -0.1) is 0 Å². The molecule has 0 radical (unpaired) electrons. The van der Waals surface area contributed by atoms with Gasteiger partial charge in [0.1, 0.15) is 10.8 Å². The molecule has 2 aromatic rings. The molecule has 0 atom stereocenters. The predicted molar refractivity (Wildman–Crippen MR) is 77.5 cm³/mol. The van der Waals surface area contributed by atoms with Gasteiger partial charge in [-0.1, -0.05) is 17.7 Å². The summed E-state index contributed by atoms with van der Waals surface area (Å²) >= 11 is 5.62. The van der Waals surface area contributed by atoms with Crippen molar-refractivity contribution in [3.63, 3.8) is 0 Å². The van der Waals surface area contributed by atoms with Crippen LogP contribution in [0.25, 0.3) is 0 Å². The second kappa shape index (κ2) is 6.32. The molecule has 1 N–H and O–H groups in total. The normalized spacial score (nSPS) is 10.0. The number of aryl methyl sites for hydroxylation is 1. The molecule has 1 heterocycles. The second-order valence-electron chi connectivity index (χ2n) is 4.20. The number of hydrogen-bond acceptors (Lipinski definition) is 5. The first-order valence-corrected chi connectivity index (χ1v) is 6.37. The molecule has 2 rings (SSSR count). The summed E-state index contributed by atoms with van der Waals surface area (Å²) in [6.45, 7) is 1.81. The lowest BCUT2D eigenvalue weighted by Crippen LogP contribution is -2.15. The SMILES string of the molecule is COC(=O)c1ccc(C)c(NC(=O)c2cnc(Cl)cn2)c1. The topological polar surface area (TPSA) is 81.2 Å². The van der Waals surface area contributed by atoms with E-state index in [1.165, 1.54) is 19.5 Å². The number of halogens is 1. The number of methoxy groups -OCH3 is 1. The molecule has 6 nitrogen and oxygen atoms in total. The molecule has 0 aliphatic rings. The molecule has 0 fully saturated rings. The van der Waals surface area contributed by atoms with E-state index in [0.29, 0.717) is 11.3 Å². The van der Waals surface area contributed by atoms with Crippen molar-refractivity contribution in [2.24, 2.45) is 0 Å².